The van der Waals surface area contributed by atoms with Crippen molar-refractivity contribution < 1.29 is 9.84 Å². The quantitative estimate of drug-likeness (QED) is 0.758. The third kappa shape index (κ3) is 2.71. The lowest BCUT2D eigenvalue weighted by molar-refractivity contribution is 0.275. The molecule has 22 heavy (non-hydrogen) atoms. The van der Waals surface area contributed by atoms with Gasteiger partial charge in [0.05, 0.1) is 24.6 Å². The zero-order valence-electron chi connectivity index (χ0n) is 12.7. The molecular formula is C16H19N3O2S. The van der Waals surface area contributed by atoms with Crippen LogP contribution in [0.2, 0.25) is 0 Å². The first-order chi connectivity index (χ1) is 10.8. The van der Waals surface area contributed by atoms with E-state index in [2.05, 4.69) is 17.0 Å². The van der Waals surface area contributed by atoms with E-state index in [1.54, 1.807) is 15.9 Å². The topological polar surface area (TPSA) is 59.7 Å². The van der Waals surface area contributed by atoms with Crippen LogP contribution < -0.4 is 4.74 Å². The van der Waals surface area contributed by atoms with Gasteiger partial charge in [-0.3, -0.25) is 0 Å². The highest BCUT2D eigenvalue weighted by atomic mass is 32.1. The van der Waals surface area contributed by atoms with Crippen molar-refractivity contribution in [2.24, 2.45) is 0 Å². The second kappa shape index (κ2) is 6.46. The summed E-state index contributed by atoms with van der Waals surface area (Å²) in [4.78, 5) is 5.48. The molecule has 0 aliphatic rings. The summed E-state index contributed by atoms with van der Waals surface area (Å²) in [6, 6.07) is 7.76. The first-order valence-electron chi connectivity index (χ1n) is 7.48. The maximum Gasteiger partial charge on any atom is 0.213 e. The molecule has 1 aromatic carbocycles. The van der Waals surface area contributed by atoms with Crippen molar-refractivity contribution in [1.82, 2.24) is 14.6 Å². The van der Waals surface area contributed by atoms with E-state index < -0.39 is 0 Å². The molecule has 0 atom stereocenters. The van der Waals surface area contributed by atoms with Gasteiger partial charge < -0.3 is 9.84 Å². The molecule has 0 spiro atoms. The lowest BCUT2D eigenvalue weighted by Gasteiger charge is -2.04. The molecule has 0 fully saturated rings. The van der Waals surface area contributed by atoms with Gasteiger partial charge in [0.2, 0.25) is 4.96 Å². The van der Waals surface area contributed by atoms with Crippen LogP contribution in [-0.2, 0) is 13.0 Å². The Kier molecular flexibility index (Phi) is 4.40. The van der Waals surface area contributed by atoms with Crippen LogP contribution in [0.5, 0.6) is 5.75 Å². The first-order valence-corrected chi connectivity index (χ1v) is 8.29. The van der Waals surface area contributed by atoms with Crippen molar-refractivity contribution in [2.75, 3.05) is 6.61 Å². The predicted octanol–water partition coefficient (Wildman–Crippen LogP) is 3.30. The number of aliphatic hydroxyl groups excluding tert-OH is 1. The van der Waals surface area contributed by atoms with E-state index in [1.807, 2.05) is 31.2 Å². The summed E-state index contributed by atoms with van der Waals surface area (Å²) in [6.07, 6.45) is 1.99. The number of hydrogen-bond acceptors (Lipinski definition) is 5. The molecule has 0 aliphatic carbocycles. The molecular weight excluding hydrogens is 298 g/mol. The molecule has 0 saturated carbocycles. The van der Waals surface area contributed by atoms with Crippen molar-refractivity contribution >= 4 is 16.3 Å². The number of aryl methyl sites for hydroxylation is 1. The Hall–Kier alpha value is -1.92. The van der Waals surface area contributed by atoms with Crippen LogP contribution in [0.25, 0.3) is 16.2 Å². The van der Waals surface area contributed by atoms with Crippen LogP contribution in [0, 0.1) is 0 Å². The summed E-state index contributed by atoms with van der Waals surface area (Å²) in [7, 11) is 0. The van der Waals surface area contributed by atoms with E-state index in [1.165, 1.54) is 0 Å². The summed E-state index contributed by atoms with van der Waals surface area (Å²) in [5, 5.41) is 15.3. The standard InChI is InChI=1S/C16H19N3O2S/c1-3-5-14-18-19-13(10-20)15(17-16(19)22-14)11-6-8-12(9-7-11)21-4-2/h6-9,20H,3-5,10H2,1-2H3. The largest absolute Gasteiger partial charge is 0.494 e. The van der Waals surface area contributed by atoms with Gasteiger partial charge in [-0.2, -0.15) is 5.10 Å². The van der Waals surface area contributed by atoms with Crippen LogP contribution in [0.15, 0.2) is 24.3 Å². The van der Waals surface area contributed by atoms with Gasteiger partial charge >= 0.3 is 0 Å². The second-order valence-electron chi connectivity index (χ2n) is 4.96. The minimum absolute atomic E-state index is 0.0843. The zero-order valence-corrected chi connectivity index (χ0v) is 13.6. The number of nitrogens with zero attached hydrogens (tertiary/aromatic N) is 3. The molecule has 1 N–H and O–H groups in total. The van der Waals surface area contributed by atoms with E-state index >= 15 is 0 Å². The number of aliphatic hydroxyl groups is 1. The van der Waals surface area contributed by atoms with Crippen LogP contribution >= 0.6 is 11.3 Å². The third-order valence-electron chi connectivity index (χ3n) is 3.39. The normalized spacial score (nSPS) is 11.2. The minimum atomic E-state index is -0.0843. The maximum atomic E-state index is 9.72. The first kappa shape index (κ1) is 15.0. The Balaban J connectivity index is 2.00. The number of imidazole rings is 1. The van der Waals surface area contributed by atoms with E-state index in [4.69, 9.17) is 4.74 Å². The predicted molar refractivity (Wildman–Crippen MR) is 87.4 cm³/mol. The van der Waals surface area contributed by atoms with Gasteiger partial charge in [0.1, 0.15) is 10.8 Å². The Morgan fingerprint density at radius 2 is 2.00 bits per heavy atom. The van der Waals surface area contributed by atoms with Crippen molar-refractivity contribution in [3.63, 3.8) is 0 Å². The second-order valence-corrected chi connectivity index (χ2v) is 6.00. The van der Waals surface area contributed by atoms with Crippen LogP contribution in [-0.4, -0.2) is 26.3 Å². The van der Waals surface area contributed by atoms with Crippen molar-refractivity contribution in [1.29, 1.82) is 0 Å². The fourth-order valence-electron chi connectivity index (χ4n) is 2.39. The Labute approximate surface area is 133 Å². The van der Waals surface area contributed by atoms with Crippen molar-refractivity contribution in [3.8, 4) is 17.0 Å². The van der Waals surface area contributed by atoms with Crippen molar-refractivity contribution in [2.45, 2.75) is 33.3 Å². The third-order valence-corrected chi connectivity index (χ3v) is 4.36. The van der Waals surface area contributed by atoms with Crippen LogP contribution in [0.3, 0.4) is 0 Å². The van der Waals surface area contributed by atoms with Gasteiger partial charge in [-0.15, -0.1) is 0 Å². The summed E-state index contributed by atoms with van der Waals surface area (Å²) in [6.45, 7) is 4.65. The average Bonchev–Trinajstić information content (AvgIpc) is 3.05. The highest BCUT2D eigenvalue weighted by Gasteiger charge is 2.17. The highest BCUT2D eigenvalue weighted by molar-refractivity contribution is 7.16. The Bertz CT molecular complexity index is 762. The molecule has 2 heterocycles. The molecule has 0 radical (unpaired) electrons. The molecule has 116 valence electrons. The van der Waals surface area contributed by atoms with E-state index in [0.717, 1.165) is 45.5 Å². The number of hydrogen-bond donors (Lipinski definition) is 1. The number of ether oxygens (including phenoxy) is 1. The summed E-state index contributed by atoms with van der Waals surface area (Å²) >= 11 is 1.58. The molecule has 6 heteroatoms. The van der Waals surface area contributed by atoms with Crippen molar-refractivity contribution in [3.05, 3.63) is 35.0 Å². The maximum absolute atomic E-state index is 9.72. The number of fused-ring (bicyclic) bond motifs is 1. The molecule has 3 aromatic rings. The fourth-order valence-corrected chi connectivity index (χ4v) is 3.41. The molecule has 0 unspecified atom stereocenters. The number of aromatic nitrogens is 3. The highest BCUT2D eigenvalue weighted by Crippen LogP contribution is 2.28. The van der Waals surface area contributed by atoms with Gasteiger partial charge in [-0.05, 0) is 37.6 Å². The molecule has 5 nitrogen and oxygen atoms in total. The van der Waals surface area contributed by atoms with Gasteiger partial charge in [0, 0.05) is 12.0 Å². The van der Waals surface area contributed by atoms with E-state index in [-0.39, 0.29) is 6.61 Å². The van der Waals surface area contributed by atoms with E-state index in [0.29, 0.717) is 6.61 Å². The fraction of sp³-hybridized carbons (Fsp3) is 0.375. The summed E-state index contributed by atoms with van der Waals surface area (Å²) in [5.74, 6) is 0.834. The Morgan fingerprint density at radius 1 is 1.23 bits per heavy atom. The lowest BCUT2D eigenvalue weighted by Crippen LogP contribution is -1.97. The Morgan fingerprint density at radius 3 is 2.64 bits per heavy atom. The molecule has 2 aromatic heterocycles. The molecule has 0 saturated heterocycles. The summed E-state index contributed by atoms with van der Waals surface area (Å²) in [5.41, 5.74) is 2.48. The smallest absolute Gasteiger partial charge is 0.213 e. The van der Waals surface area contributed by atoms with Gasteiger partial charge in [-0.25, -0.2) is 9.50 Å². The van der Waals surface area contributed by atoms with Crippen LogP contribution in [0.1, 0.15) is 31.0 Å². The molecule has 0 bridgehead atoms. The monoisotopic (exact) mass is 317 g/mol. The van der Waals surface area contributed by atoms with Crippen LogP contribution in [0.4, 0.5) is 0 Å². The molecule has 0 aliphatic heterocycles. The summed E-state index contributed by atoms with van der Waals surface area (Å²) < 4.78 is 7.22. The number of rotatable bonds is 6. The van der Waals surface area contributed by atoms with Gasteiger partial charge in [0.25, 0.3) is 0 Å². The van der Waals surface area contributed by atoms with E-state index in [9.17, 15) is 5.11 Å². The molecule has 3 rings (SSSR count). The zero-order chi connectivity index (χ0) is 15.5. The van der Waals surface area contributed by atoms with Gasteiger partial charge in [0.15, 0.2) is 0 Å². The molecule has 0 amide bonds. The average molecular weight is 317 g/mol. The number of benzene rings is 1. The lowest BCUT2D eigenvalue weighted by atomic mass is 10.1. The van der Waals surface area contributed by atoms with Gasteiger partial charge in [-0.1, -0.05) is 18.3 Å². The minimum Gasteiger partial charge on any atom is -0.494 e. The SMILES string of the molecule is CCCc1nn2c(CO)c(-c3ccc(OCC)cc3)nc2s1.